The molecular weight excluding hydrogens is 392 g/mol. The second-order valence-electron chi connectivity index (χ2n) is 14.9. The van der Waals surface area contributed by atoms with E-state index in [1.807, 2.05) is 0 Å². The first kappa shape index (κ1) is 23.4. The van der Waals surface area contributed by atoms with Gasteiger partial charge in [0.15, 0.2) is 0 Å². The second kappa shape index (κ2) is 7.09. The van der Waals surface area contributed by atoms with Gasteiger partial charge in [-0.15, -0.1) is 0 Å². The first-order chi connectivity index (χ1) is 14.8. The Bertz CT molecular complexity index is 795. The lowest BCUT2D eigenvalue weighted by Gasteiger charge is -2.63. The van der Waals surface area contributed by atoms with Gasteiger partial charge in [-0.1, -0.05) is 60.1 Å². The van der Waals surface area contributed by atoms with Crippen molar-refractivity contribution in [2.24, 2.45) is 50.7 Å². The van der Waals surface area contributed by atoms with E-state index >= 15 is 0 Å². The van der Waals surface area contributed by atoms with E-state index in [1.54, 1.807) is 5.57 Å². The molecule has 5 rings (SSSR count). The zero-order valence-corrected chi connectivity index (χ0v) is 22.0. The number of fused-ring (bicyclic) bond motifs is 6. The molecule has 0 unspecified atom stereocenters. The molecule has 0 amide bonds. The average molecular weight is 443 g/mol. The summed E-state index contributed by atoms with van der Waals surface area (Å²) in [5.41, 5.74) is 2.91. The molecule has 0 spiro atoms. The number of rotatable bonds is 0. The standard InChI is InChI=1S/C30H50O2/c1-26(2)21-10-8-19-18-28(5)15-12-22-27(3,4)25(32)14-17-30(22,7)23(28)11-9-20(19)29(21,6)16-13-24(26)31/h8,20-25,31-32H,9-18H2,1-7H3/t20-,21-,22-,23-,24-,25-,28-,29+,30-/m0/s1. The van der Waals surface area contributed by atoms with E-state index in [0.29, 0.717) is 34.0 Å². The zero-order chi connectivity index (χ0) is 23.3. The van der Waals surface area contributed by atoms with Crippen molar-refractivity contribution < 1.29 is 10.2 Å². The van der Waals surface area contributed by atoms with Crippen LogP contribution < -0.4 is 0 Å². The molecule has 2 heteroatoms. The van der Waals surface area contributed by atoms with E-state index in [9.17, 15) is 10.2 Å². The van der Waals surface area contributed by atoms with Crippen LogP contribution in [0.2, 0.25) is 0 Å². The number of aliphatic hydroxyl groups is 2. The summed E-state index contributed by atoms with van der Waals surface area (Å²) < 4.78 is 0. The van der Waals surface area contributed by atoms with Crippen molar-refractivity contribution in [3.63, 3.8) is 0 Å². The van der Waals surface area contributed by atoms with Gasteiger partial charge in [0.2, 0.25) is 0 Å². The number of allylic oxidation sites excluding steroid dienone is 2. The summed E-state index contributed by atoms with van der Waals surface area (Å²) in [4.78, 5) is 0. The van der Waals surface area contributed by atoms with Crippen molar-refractivity contribution in [3.8, 4) is 0 Å². The van der Waals surface area contributed by atoms with Crippen LogP contribution in [0.5, 0.6) is 0 Å². The second-order valence-corrected chi connectivity index (χ2v) is 14.9. The number of hydrogen-bond donors (Lipinski definition) is 2. The molecule has 5 aliphatic rings. The highest BCUT2D eigenvalue weighted by Crippen LogP contribution is 2.70. The molecular formula is C30H50O2. The summed E-state index contributed by atoms with van der Waals surface area (Å²) in [6, 6.07) is 0. The lowest BCUT2D eigenvalue weighted by atomic mass is 9.42. The maximum absolute atomic E-state index is 10.9. The molecule has 182 valence electrons. The molecule has 0 aromatic rings. The van der Waals surface area contributed by atoms with Gasteiger partial charge in [0.25, 0.3) is 0 Å². The fourth-order valence-electron chi connectivity index (χ4n) is 10.9. The maximum Gasteiger partial charge on any atom is 0.0594 e. The lowest BCUT2D eigenvalue weighted by molar-refractivity contribution is -0.170. The summed E-state index contributed by atoms with van der Waals surface area (Å²) in [5, 5.41) is 21.7. The van der Waals surface area contributed by atoms with Crippen LogP contribution in [0, 0.1) is 50.7 Å². The van der Waals surface area contributed by atoms with Gasteiger partial charge in [-0.3, -0.25) is 0 Å². The van der Waals surface area contributed by atoms with Crippen molar-refractivity contribution in [1.29, 1.82) is 0 Å². The fourth-order valence-corrected chi connectivity index (χ4v) is 10.9. The number of aliphatic hydroxyl groups excluding tert-OH is 2. The molecule has 0 heterocycles. The Morgan fingerprint density at radius 1 is 0.656 bits per heavy atom. The molecule has 0 bridgehead atoms. The monoisotopic (exact) mass is 442 g/mol. The van der Waals surface area contributed by atoms with Crippen LogP contribution in [-0.4, -0.2) is 22.4 Å². The molecule has 4 fully saturated rings. The van der Waals surface area contributed by atoms with Crippen LogP contribution in [0.25, 0.3) is 0 Å². The van der Waals surface area contributed by atoms with Crippen LogP contribution in [0.15, 0.2) is 11.6 Å². The Balaban J connectivity index is 1.50. The van der Waals surface area contributed by atoms with Gasteiger partial charge in [-0.25, -0.2) is 0 Å². The van der Waals surface area contributed by atoms with Crippen molar-refractivity contribution in [1.82, 2.24) is 0 Å². The van der Waals surface area contributed by atoms with Crippen LogP contribution in [0.1, 0.15) is 113 Å². The highest BCUT2D eigenvalue weighted by atomic mass is 16.3. The van der Waals surface area contributed by atoms with Gasteiger partial charge in [0.05, 0.1) is 12.2 Å². The van der Waals surface area contributed by atoms with Crippen molar-refractivity contribution in [2.75, 3.05) is 0 Å². The van der Waals surface area contributed by atoms with Crippen LogP contribution in [-0.2, 0) is 0 Å². The summed E-state index contributed by atoms with van der Waals surface area (Å²) in [6.45, 7) is 17.2. The Kier molecular flexibility index (Phi) is 5.19. The minimum absolute atomic E-state index is 0.0125. The smallest absolute Gasteiger partial charge is 0.0594 e. The molecule has 32 heavy (non-hydrogen) atoms. The van der Waals surface area contributed by atoms with Crippen molar-refractivity contribution in [3.05, 3.63) is 11.6 Å². The molecule has 2 nitrogen and oxygen atoms in total. The third kappa shape index (κ3) is 2.96. The van der Waals surface area contributed by atoms with Gasteiger partial charge >= 0.3 is 0 Å². The molecule has 0 aliphatic heterocycles. The van der Waals surface area contributed by atoms with Gasteiger partial charge in [-0.2, -0.15) is 0 Å². The maximum atomic E-state index is 10.9. The largest absolute Gasteiger partial charge is 0.393 e. The summed E-state index contributed by atoms with van der Waals surface area (Å²) >= 11 is 0. The lowest BCUT2D eigenvalue weighted by Crippen LogP contribution is -2.58. The van der Waals surface area contributed by atoms with E-state index in [1.165, 1.54) is 44.9 Å². The van der Waals surface area contributed by atoms with Crippen LogP contribution >= 0.6 is 0 Å². The molecule has 0 radical (unpaired) electrons. The Morgan fingerprint density at radius 2 is 1.25 bits per heavy atom. The third-order valence-corrected chi connectivity index (χ3v) is 12.9. The quantitative estimate of drug-likeness (QED) is 0.391. The Hall–Kier alpha value is -0.340. The Labute approximate surface area is 197 Å². The van der Waals surface area contributed by atoms with Crippen LogP contribution in [0.4, 0.5) is 0 Å². The van der Waals surface area contributed by atoms with E-state index in [4.69, 9.17) is 0 Å². The van der Waals surface area contributed by atoms with E-state index in [0.717, 1.165) is 25.2 Å². The predicted molar refractivity (Wildman–Crippen MR) is 132 cm³/mol. The van der Waals surface area contributed by atoms with Crippen molar-refractivity contribution >= 4 is 0 Å². The van der Waals surface area contributed by atoms with E-state index in [2.05, 4.69) is 54.5 Å². The fraction of sp³-hybridized carbons (Fsp3) is 0.933. The predicted octanol–water partition coefficient (Wildman–Crippen LogP) is 7.14. The molecule has 4 saturated carbocycles. The SMILES string of the molecule is CC1(C)[C@@H](O)CC[C@@]2(C)[C@H]1CC[C@@]1(C)CC3=CC[C@H]4C(C)(C)[C@@H](O)CC[C@]4(C)[C@H]3CC[C@@H]12. The third-order valence-electron chi connectivity index (χ3n) is 12.9. The van der Waals surface area contributed by atoms with Gasteiger partial charge in [-0.05, 0) is 115 Å². The minimum atomic E-state index is -0.156. The molecule has 0 saturated heterocycles. The molecule has 5 aliphatic carbocycles. The van der Waals surface area contributed by atoms with Crippen molar-refractivity contribution in [2.45, 2.75) is 125 Å². The van der Waals surface area contributed by atoms with E-state index < -0.39 is 0 Å². The Morgan fingerprint density at radius 3 is 1.91 bits per heavy atom. The summed E-state index contributed by atoms with van der Waals surface area (Å²) in [6.07, 6.45) is 14.4. The first-order valence-electron chi connectivity index (χ1n) is 13.8. The number of hydrogen-bond acceptors (Lipinski definition) is 2. The highest BCUT2D eigenvalue weighted by Gasteiger charge is 2.63. The minimum Gasteiger partial charge on any atom is -0.393 e. The van der Waals surface area contributed by atoms with Gasteiger partial charge in [0, 0.05) is 0 Å². The van der Waals surface area contributed by atoms with Crippen LogP contribution in [0.3, 0.4) is 0 Å². The average Bonchev–Trinajstić information content (AvgIpc) is 2.86. The zero-order valence-electron chi connectivity index (χ0n) is 22.0. The molecule has 0 aromatic carbocycles. The van der Waals surface area contributed by atoms with E-state index in [-0.39, 0.29) is 23.0 Å². The normalized spacial score (nSPS) is 54.2. The van der Waals surface area contributed by atoms with Gasteiger partial charge < -0.3 is 10.2 Å². The first-order valence-corrected chi connectivity index (χ1v) is 13.8. The molecule has 9 atom stereocenters. The topological polar surface area (TPSA) is 40.5 Å². The highest BCUT2D eigenvalue weighted by molar-refractivity contribution is 5.25. The molecule has 0 aromatic heterocycles. The summed E-state index contributed by atoms with van der Waals surface area (Å²) in [5.74, 6) is 2.68. The summed E-state index contributed by atoms with van der Waals surface area (Å²) in [7, 11) is 0. The van der Waals surface area contributed by atoms with Gasteiger partial charge in [0.1, 0.15) is 0 Å². The molecule has 2 N–H and O–H groups in total.